The maximum absolute atomic E-state index is 12.4. The average Bonchev–Trinajstić information content (AvgIpc) is 2.69. The molecule has 1 rings (SSSR count). The first kappa shape index (κ1) is 16.8. The number of carbonyl (C=O) groups is 2. The predicted molar refractivity (Wildman–Crippen MR) is 73.1 cm³/mol. The fourth-order valence-corrected chi connectivity index (χ4v) is 2.03. The van der Waals surface area contributed by atoms with Crippen LogP contribution in [0.4, 0.5) is 4.79 Å². The number of ether oxygens (including phenoxy) is 3. The van der Waals surface area contributed by atoms with Crippen molar-refractivity contribution < 1.29 is 23.8 Å². The van der Waals surface area contributed by atoms with Crippen molar-refractivity contribution in [3.63, 3.8) is 0 Å². The Labute approximate surface area is 120 Å². The molecule has 6 nitrogen and oxygen atoms in total. The van der Waals surface area contributed by atoms with Crippen LogP contribution in [-0.4, -0.2) is 48.5 Å². The van der Waals surface area contributed by atoms with Crippen LogP contribution in [0.15, 0.2) is 0 Å². The number of nitrogens with zero attached hydrogens (tertiary/aromatic N) is 1. The third-order valence-corrected chi connectivity index (χ3v) is 2.82. The molecule has 1 heterocycles. The van der Waals surface area contributed by atoms with E-state index in [1.165, 1.54) is 12.0 Å². The summed E-state index contributed by atoms with van der Waals surface area (Å²) >= 11 is 0. The van der Waals surface area contributed by atoms with Crippen LogP contribution < -0.4 is 0 Å². The van der Waals surface area contributed by atoms with Gasteiger partial charge in [-0.1, -0.05) is 20.8 Å². The lowest BCUT2D eigenvalue weighted by Gasteiger charge is -2.35. The molecule has 0 saturated carbocycles. The molecule has 0 aromatic heterocycles. The summed E-state index contributed by atoms with van der Waals surface area (Å²) in [5.41, 5.74) is -0.970. The predicted octanol–water partition coefficient (Wildman–Crippen LogP) is 2.17. The first-order valence-electron chi connectivity index (χ1n) is 6.68. The highest BCUT2D eigenvalue weighted by molar-refractivity contribution is 5.82. The molecule has 0 N–H and O–H groups in total. The number of hydrogen-bond acceptors (Lipinski definition) is 5. The lowest BCUT2D eigenvalue weighted by Crippen LogP contribution is -2.51. The minimum Gasteiger partial charge on any atom is -0.467 e. The zero-order valence-electron chi connectivity index (χ0n) is 13.4. The van der Waals surface area contributed by atoms with E-state index in [1.54, 1.807) is 20.8 Å². The Balaban J connectivity index is 3.02. The number of esters is 1. The summed E-state index contributed by atoms with van der Waals surface area (Å²) in [6.07, 6.45) is -1.09. The normalized spacial score (nSPS) is 23.6. The molecule has 0 spiro atoms. The SMILES string of the molecule is COC(=O)[C@H]1CO[C@@H](C(C)(C)C)N1C(=O)OC(C)(C)C. The second-order valence-electron chi connectivity index (χ2n) is 6.98. The van der Waals surface area contributed by atoms with Gasteiger partial charge in [0.15, 0.2) is 6.04 Å². The number of methoxy groups -OCH3 is 1. The Hall–Kier alpha value is -1.30. The molecule has 0 aliphatic carbocycles. The van der Waals surface area contributed by atoms with Gasteiger partial charge in [-0.25, -0.2) is 9.59 Å². The van der Waals surface area contributed by atoms with E-state index in [4.69, 9.17) is 14.2 Å². The Kier molecular flexibility index (Phi) is 4.69. The van der Waals surface area contributed by atoms with Crippen LogP contribution in [0.5, 0.6) is 0 Å². The summed E-state index contributed by atoms with van der Waals surface area (Å²) in [4.78, 5) is 25.5. The van der Waals surface area contributed by atoms with Crippen molar-refractivity contribution in [2.45, 2.75) is 59.4 Å². The first-order chi connectivity index (χ1) is 8.97. The Morgan fingerprint density at radius 3 is 2.10 bits per heavy atom. The number of rotatable bonds is 1. The molecule has 2 atom stereocenters. The summed E-state index contributed by atoms with van der Waals surface area (Å²) in [6.45, 7) is 11.3. The van der Waals surface area contributed by atoms with Crippen molar-refractivity contribution in [1.29, 1.82) is 0 Å². The zero-order valence-corrected chi connectivity index (χ0v) is 13.4. The molecule has 1 saturated heterocycles. The Morgan fingerprint density at radius 1 is 1.15 bits per heavy atom. The van der Waals surface area contributed by atoms with Crippen LogP contribution in [-0.2, 0) is 19.0 Å². The van der Waals surface area contributed by atoms with Gasteiger partial charge in [-0.3, -0.25) is 4.90 Å². The third kappa shape index (κ3) is 3.85. The van der Waals surface area contributed by atoms with Crippen molar-refractivity contribution in [2.24, 2.45) is 5.41 Å². The highest BCUT2D eigenvalue weighted by Gasteiger charge is 2.48. The molecule has 1 aliphatic rings. The van der Waals surface area contributed by atoms with Crippen LogP contribution in [0.3, 0.4) is 0 Å². The highest BCUT2D eigenvalue weighted by atomic mass is 16.6. The quantitative estimate of drug-likeness (QED) is 0.691. The van der Waals surface area contributed by atoms with Crippen LogP contribution >= 0.6 is 0 Å². The second-order valence-corrected chi connectivity index (χ2v) is 6.98. The fourth-order valence-electron chi connectivity index (χ4n) is 2.03. The summed E-state index contributed by atoms with van der Waals surface area (Å²) in [6, 6.07) is -0.765. The van der Waals surface area contributed by atoms with E-state index in [0.29, 0.717) is 0 Å². The van der Waals surface area contributed by atoms with Crippen molar-refractivity contribution in [3.05, 3.63) is 0 Å². The van der Waals surface area contributed by atoms with E-state index in [9.17, 15) is 9.59 Å². The summed E-state index contributed by atoms with van der Waals surface area (Å²) in [5.74, 6) is -0.498. The lowest BCUT2D eigenvalue weighted by atomic mass is 9.93. The fraction of sp³-hybridized carbons (Fsp3) is 0.857. The maximum atomic E-state index is 12.4. The molecule has 0 unspecified atom stereocenters. The minimum atomic E-state index is -0.765. The van der Waals surface area contributed by atoms with Gasteiger partial charge in [0.25, 0.3) is 0 Å². The number of amides is 1. The molecule has 20 heavy (non-hydrogen) atoms. The van der Waals surface area contributed by atoms with E-state index >= 15 is 0 Å². The smallest absolute Gasteiger partial charge is 0.413 e. The Morgan fingerprint density at radius 2 is 1.70 bits per heavy atom. The first-order valence-corrected chi connectivity index (χ1v) is 6.68. The molecule has 0 bridgehead atoms. The van der Waals surface area contributed by atoms with E-state index < -0.39 is 29.9 Å². The maximum Gasteiger partial charge on any atom is 0.413 e. The largest absolute Gasteiger partial charge is 0.467 e. The van der Waals surface area contributed by atoms with Gasteiger partial charge in [0.2, 0.25) is 0 Å². The molecular formula is C14H25NO5. The van der Waals surface area contributed by atoms with Gasteiger partial charge in [-0.2, -0.15) is 0 Å². The Bertz CT molecular complexity index is 380. The van der Waals surface area contributed by atoms with Crippen LogP contribution in [0.2, 0.25) is 0 Å². The van der Waals surface area contributed by atoms with Gasteiger partial charge < -0.3 is 14.2 Å². The standard InChI is InChI=1S/C14H25NO5/c1-13(2,3)11-15(12(17)20-14(4,5)6)9(8-19-11)10(16)18-7/h9,11H,8H2,1-7H3/t9-,11+/m1/s1. The molecular weight excluding hydrogens is 262 g/mol. The van der Waals surface area contributed by atoms with Gasteiger partial charge in [-0.05, 0) is 20.8 Å². The molecule has 6 heteroatoms. The number of carbonyl (C=O) groups excluding carboxylic acids is 2. The van der Waals surface area contributed by atoms with Crippen molar-refractivity contribution in [3.8, 4) is 0 Å². The van der Waals surface area contributed by atoms with Crippen LogP contribution in [0.1, 0.15) is 41.5 Å². The second kappa shape index (κ2) is 5.60. The molecule has 0 aromatic rings. The van der Waals surface area contributed by atoms with Crippen LogP contribution in [0, 0.1) is 5.41 Å². The summed E-state index contributed by atoms with van der Waals surface area (Å²) in [7, 11) is 1.29. The van der Waals surface area contributed by atoms with Gasteiger partial charge in [-0.15, -0.1) is 0 Å². The van der Waals surface area contributed by atoms with Crippen molar-refractivity contribution >= 4 is 12.1 Å². The average molecular weight is 287 g/mol. The molecule has 0 radical (unpaired) electrons. The topological polar surface area (TPSA) is 65.1 Å². The number of hydrogen-bond donors (Lipinski definition) is 0. The van der Waals surface area contributed by atoms with Crippen molar-refractivity contribution in [1.82, 2.24) is 4.90 Å². The van der Waals surface area contributed by atoms with E-state index in [2.05, 4.69) is 0 Å². The summed E-state index contributed by atoms with van der Waals surface area (Å²) < 4.78 is 15.7. The van der Waals surface area contributed by atoms with Crippen molar-refractivity contribution in [2.75, 3.05) is 13.7 Å². The third-order valence-electron chi connectivity index (χ3n) is 2.82. The molecule has 116 valence electrons. The lowest BCUT2D eigenvalue weighted by molar-refractivity contribution is -0.146. The molecule has 1 aliphatic heterocycles. The van der Waals surface area contributed by atoms with Crippen LogP contribution in [0.25, 0.3) is 0 Å². The zero-order chi connectivity index (χ0) is 15.7. The monoisotopic (exact) mass is 287 g/mol. The minimum absolute atomic E-state index is 0.119. The van der Waals surface area contributed by atoms with Gasteiger partial charge >= 0.3 is 12.1 Å². The van der Waals surface area contributed by atoms with Gasteiger partial charge in [0.05, 0.1) is 13.7 Å². The molecule has 1 amide bonds. The highest BCUT2D eigenvalue weighted by Crippen LogP contribution is 2.33. The van der Waals surface area contributed by atoms with Gasteiger partial charge in [0, 0.05) is 5.41 Å². The molecule has 1 fully saturated rings. The van der Waals surface area contributed by atoms with E-state index in [1.807, 2.05) is 20.8 Å². The van der Waals surface area contributed by atoms with Gasteiger partial charge in [0.1, 0.15) is 11.8 Å². The van der Waals surface area contributed by atoms with E-state index in [-0.39, 0.29) is 12.0 Å². The summed E-state index contributed by atoms with van der Waals surface area (Å²) in [5, 5.41) is 0. The molecule has 0 aromatic carbocycles. The van der Waals surface area contributed by atoms with E-state index in [0.717, 1.165) is 0 Å².